The van der Waals surface area contributed by atoms with Crippen LogP contribution in [0.4, 0.5) is 51.7 Å². The van der Waals surface area contributed by atoms with Crippen LogP contribution in [0.15, 0.2) is 36.4 Å². The summed E-state index contributed by atoms with van der Waals surface area (Å²) >= 11 is 0. The molecule has 4 rings (SSSR count). The Morgan fingerprint density at radius 1 is 1.07 bits per heavy atom. The van der Waals surface area contributed by atoms with Crippen LogP contribution in [0.3, 0.4) is 0 Å². The van der Waals surface area contributed by atoms with E-state index in [4.69, 9.17) is 9.47 Å². The number of rotatable bonds is 7. The van der Waals surface area contributed by atoms with Gasteiger partial charge in [-0.2, -0.15) is 26.3 Å². The van der Waals surface area contributed by atoms with Crippen molar-refractivity contribution in [2.45, 2.75) is 43.8 Å². The van der Waals surface area contributed by atoms with Crippen molar-refractivity contribution in [3.8, 4) is 5.75 Å². The highest BCUT2D eigenvalue weighted by Crippen LogP contribution is 2.47. The molecule has 1 aliphatic heterocycles. The van der Waals surface area contributed by atoms with Crippen LogP contribution >= 0.6 is 0 Å². The van der Waals surface area contributed by atoms with E-state index in [1.165, 1.54) is 4.90 Å². The maximum Gasteiger partial charge on any atom is 0.420 e. The van der Waals surface area contributed by atoms with Crippen LogP contribution in [0.2, 0.25) is 0 Å². The predicted octanol–water partition coefficient (Wildman–Crippen LogP) is 5.67. The molecule has 1 saturated heterocycles. The summed E-state index contributed by atoms with van der Waals surface area (Å²) in [5.74, 6) is -1.94. The maximum absolute atomic E-state index is 14.1. The monoisotopic (exact) mass is 593 g/mol. The first-order valence-corrected chi connectivity index (χ1v) is 12.4. The topological polar surface area (TPSA) is 82.6 Å². The molecule has 0 radical (unpaired) electrons. The number of ether oxygens (including phenoxy) is 2. The number of amides is 3. The first kappa shape index (κ1) is 30.4. The molecule has 2 aromatic rings. The fourth-order valence-corrected chi connectivity index (χ4v) is 4.60. The van der Waals surface area contributed by atoms with Gasteiger partial charge in [0.25, 0.3) is 0 Å². The molecule has 1 saturated carbocycles. The molecule has 224 valence electrons. The van der Waals surface area contributed by atoms with Crippen molar-refractivity contribution in [2.24, 2.45) is 0 Å². The molecule has 0 bridgehead atoms. The summed E-state index contributed by atoms with van der Waals surface area (Å²) in [7, 11) is 1.11. The van der Waals surface area contributed by atoms with Crippen LogP contribution in [-0.2, 0) is 17.1 Å². The minimum absolute atomic E-state index is 0.0124. The van der Waals surface area contributed by atoms with Gasteiger partial charge in [0.2, 0.25) is 0 Å². The Morgan fingerprint density at radius 3 is 2.27 bits per heavy atom. The van der Waals surface area contributed by atoms with Crippen molar-refractivity contribution in [2.75, 3.05) is 43.1 Å². The van der Waals surface area contributed by atoms with Crippen molar-refractivity contribution in [3.05, 3.63) is 53.3 Å². The minimum Gasteiger partial charge on any atom is -0.407 e. The van der Waals surface area contributed by atoms with E-state index in [1.807, 2.05) is 0 Å². The van der Waals surface area contributed by atoms with Gasteiger partial charge in [-0.15, -0.1) is 0 Å². The van der Waals surface area contributed by atoms with Gasteiger partial charge in [0.1, 0.15) is 11.4 Å². The lowest BCUT2D eigenvalue weighted by molar-refractivity contribution is -0.143. The summed E-state index contributed by atoms with van der Waals surface area (Å²) in [5, 5.41) is 9.79. The number of nitrogens with zero attached hydrogens (tertiary/aromatic N) is 3. The molecule has 1 aliphatic carbocycles. The van der Waals surface area contributed by atoms with E-state index in [0.717, 1.165) is 36.2 Å². The Labute approximate surface area is 229 Å². The Balaban J connectivity index is 1.63. The quantitative estimate of drug-likeness (QED) is 0.419. The molecule has 15 heteroatoms. The zero-order valence-electron chi connectivity index (χ0n) is 21.9. The van der Waals surface area contributed by atoms with E-state index in [9.17, 15) is 45.4 Å². The lowest BCUT2D eigenvalue weighted by Gasteiger charge is -2.40. The summed E-state index contributed by atoms with van der Waals surface area (Å²) in [6.45, 7) is 1.31. The van der Waals surface area contributed by atoms with Gasteiger partial charge in [-0.3, -0.25) is 9.80 Å². The average Bonchev–Trinajstić information content (AvgIpc) is 3.21. The second kappa shape index (κ2) is 11.0. The van der Waals surface area contributed by atoms with Gasteiger partial charge >= 0.3 is 24.5 Å². The number of anilines is 2. The zero-order valence-corrected chi connectivity index (χ0v) is 21.9. The molecular weight excluding hydrogens is 567 g/mol. The number of hydrogen-bond acceptors (Lipinski definition) is 5. The van der Waals surface area contributed by atoms with Gasteiger partial charge in [-0.05, 0) is 43.3 Å². The molecule has 1 heterocycles. The fourth-order valence-electron chi connectivity index (χ4n) is 4.60. The van der Waals surface area contributed by atoms with Crippen molar-refractivity contribution in [1.29, 1.82) is 0 Å². The number of alkyl halides is 6. The second-order valence-corrected chi connectivity index (χ2v) is 10.1. The number of aliphatic hydroxyl groups is 1. The van der Waals surface area contributed by atoms with Gasteiger partial charge in [-0.1, -0.05) is 0 Å². The molecule has 0 spiro atoms. The first-order valence-electron chi connectivity index (χ1n) is 12.4. The standard InChI is InChI=1S/C26H26F7N3O5/c1-24(39)13-18(14-24)40-10-9-35-7-8-36(22(35)37)20-12-15(25(28,29)30)11-19(26(31,32)33)21(20)41-23(38)34(2)17-5-3-16(27)4-6-17/h3-6,11-12,18,39H,7-10,13-14H2,1-2H3. The lowest BCUT2D eigenvalue weighted by Crippen LogP contribution is -2.46. The molecule has 0 aromatic heterocycles. The number of benzene rings is 2. The van der Waals surface area contributed by atoms with Crippen LogP contribution in [0, 0.1) is 5.82 Å². The highest BCUT2D eigenvalue weighted by atomic mass is 19.4. The van der Waals surface area contributed by atoms with Gasteiger partial charge in [0.05, 0.1) is 29.6 Å². The van der Waals surface area contributed by atoms with Gasteiger partial charge < -0.3 is 19.5 Å². The first-order chi connectivity index (χ1) is 19.0. The molecule has 0 atom stereocenters. The summed E-state index contributed by atoms with van der Waals surface area (Å²) in [6, 6.07) is 3.48. The van der Waals surface area contributed by atoms with Crippen molar-refractivity contribution < 1.29 is 54.9 Å². The third kappa shape index (κ3) is 6.84. The Bertz CT molecular complexity index is 1290. The third-order valence-electron chi connectivity index (χ3n) is 6.81. The molecule has 3 amide bonds. The smallest absolute Gasteiger partial charge is 0.407 e. The predicted molar refractivity (Wildman–Crippen MR) is 131 cm³/mol. The Hall–Kier alpha value is -3.59. The molecule has 8 nitrogen and oxygen atoms in total. The van der Waals surface area contributed by atoms with E-state index in [0.29, 0.717) is 23.8 Å². The van der Waals surface area contributed by atoms with Crippen LogP contribution in [-0.4, -0.2) is 67.1 Å². The molecule has 2 fully saturated rings. The van der Waals surface area contributed by atoms with Crippen LogP contribution in [0.25, 0.3) is 0 Å². The summed E-state index contributed by atoms with van der Waals surface area (Å²) in [6.07, 6.45) is -11.5. The van der Waals surface area contributed by atoms with E-state index in [1.54, 1.807) is 6.92 Å². The number of urea groups is 1. The van der Waals surface area contributed by atoms with Crippen LogP contribution < -0.4 is 14.5 Å². The number of carbonyl (C=O) groups excluding carboxylic acids is 2. The second-order valence-electron chi connectivity index (χ2n) is 10.1. The Morgan fingerprint density at radius 2 is 1.71 bits per heavy atom. The summed E-state index contributed by atoms with van der Waals surface area (Å²) in [4.78, 5) is 28.5. The fraction of sp³-hybridized carbons (Fsp3) is 0.462. The summed E-state index contributed by atoms with van der Waals surface area (Å²) < 4.78 is 107. The number of hydrogen-bond donors (Lipinski definition) is 1. The highest BCUT2D eigenvalue weighted by molar-refractivity contribution is 5.97. The van der Waals surface area contributed by atoms with Crippen LogP contribution in [0.5, 0.6) is 5.75 Å². The zero-order chi connectivity index (χ0) is 30.3. The maximum atomic E-state index is 14.1. The van der Waals surface area contributed by atoms with Crippen molar-refractivity contribution >= 4 is 23.5 Å². The minimum atomic E-state index is -5.40. The largest absolute Gasteiger partial charge is 0.420 e. The molecule has 2 aromatic carbocycles. The van der Waals surface area contributed by atoms with E-state index >= 15 is 0 Å². The molecule has 41 heavy (non-hydrogen) atoms. The Kier molecular flexibility index (Phi) is 8.15. The SMILES string of the molecule is CN(C(=O)Oc1c(N2CCN(CCOC3CC(C)(O)C3)C2=O)cc(C(F)(F)F)cc1C(F)(F)F)c1ccc(F)cc1. The highest BCUT2D eigenvalue weighted by Gasteiger charge is 2.44. The lowest BCUT2D eigenvalue weighted by atomic mass is 9.79. The molecule has 1 N–H and O–H groups in total. The van der Waals surface area contributed by atoms with E-state index < -0.39 is 58.5 Å². The van der Waals surface area contributed by atoms with Gasteiger partial charge in [-0.25, -0.2) is 14.0 Å². The van der Waals surface area contributed by atoms with Crippen molar-refractivity contribution in [1.82, 2.24) is 4.90 Å². The van der Waals surface area contributed by atoms with E-state index in [-0.39, 0.29) is 44.1 Å². The van der Waals surface area contributed by atoms with Gasteiger partial charge in [0, 0.05) is 45.2 Å². The normalized spacial score (nSPS) is 21.2. The van der Waals surface area contributed by atoms with E-state index in [2.05, 4.69) is 0 Å². The summed E-state index contributed by atoms with van der Waals surface area (Å²) in [5.41, 5.74) is -5.32. The molecule has 0 unspecified atom stereocenters. The van der Waals surface area contributed by atoms with Crippen molar-refractivity contribution in [3.63, 3.8) is 0 Å². The molecule has 2 aliphatic rings. The third-order valence-corrected chi connectivity index (χ3v) is 6.81. The van der Waals surface area contributed by atoms with Crippen LogP contribution in [0.1, 0.15) is 30.9 Å². The number of carbonyl (C=O) groups is 2. The van der Waals surface area contributed by atoms with Gasteiger partial charge in [0.15, 0.2) is 5.75 Å². The average molecular weight is 593 g/mol. The number of halogens is 7. The molecular formula is C26H26F7N3O5.